The van der Waals surface area contributed by atoms with Crippen molar-refractivity contribution in [3.63, 3.8) is 0 Å². The number of hydrogen-bond acceptors (Lipinski definition) is 9. The minimum atomic E-state index is -0.607. The molecule has 176 valence electrons. The molecule has 0 aliphatic carbocycles. The highest BCUT2D eigenvalue weighted by atomic mass is 127. The standard InChI is InChI=1S/C24H25IN6O2S/c1-3-31(4-2)21-8-5-16(14-29-21)15-34-24-19(13-27)22(18(12-26)23(28)30-24)17-6-7-20(25-11-17)33-10-9-32/h5-8,11,14,32H,3-4,9-10,15H2,1-2H3,(H2,28,30). The fourth-order valence-corrected chi connectivity index (χ4v) is 6.16. The number of aromatic nitrogens is 2. The van der Waals surface area contributed by atoms with E-state index in [0.29, 0.717) is 21.9 Å². The summed E-state index contributed by atoms with van der Waals surface area (Å²) in [5.74, 6) is 1.60. The molecule has 1 aliphatic rings. The molecule has 8 nitrogen and oxygen atoms in total. The molecule has 3 N–H and O–H groups in total. The molecular formula is C24H25IN6O2S. The molecule has 2 aromatic heterocycles. The summed E-state index contributed by atoms with van der Waals surface area (Å²) in [7, 11) is 0. The second kappa shape index (κ2) is 12.5. The zero-order valence-corrected chi connectivity index (χ0v) is 21.9. The van der Waals surface area contributed by atoms with Crippen LogP contribution in [-0.2, 0) is 10.5 Å². The van der Waals surface area contributed by atoms with Gasteiger partial charge in [-0.2, -0.15) is 10.5 Å². The van der Waals surface area contributed by atoms with Gasteiger partial charge < -0.3 is 20.5 Å². The number of anilines is 2. The van der Waals surface area contributed by atoms with Crippen molar-refractivity contribution >= 4 is 53.7 Å². The number of rotatable bonds is 10. The number of thioether (sulfide) groups is 1. The molecule has 0 saturated carbocycles. The number of nitriles is 2. The second-order valence-electron chi connectivity index (χ2n) is 7.02. The Morgan fingerprint density at radius 3 is 2.50 bits per heavy atom. The fraction of sp³-hybridized carbons (Fsp3) is 0.292. The lowest BCUT2D eigenvalue weighted by Gasteiger charge is -2.19. The maximum absolute atomic E-state index is 9.99. The lowest BCUT2D eigenvalue weighted by atomic mass is 9.97. The van der Waals surface area contributed by atoms with Gasteiger partial charge >= 0.3 is 0 Å². The smallest absolute Gasteiger partial charge is 0.151 e. The highest BCUT2D eigenvalue weighted by Gasteiger charge is 2.22. The molecule has 0 amide bonds. The van der Waals surface area contributed by atoms with Gasteiger partial charge in [-0.1, -0.05) is 6.07 Å². The zero-order valence-electron chi connectivity index (χ0n) is 19.0. The molecule has 0 spiro atoms. The molecule has 3 heterocycles. The first-order valence-electron chi connectivity index (χ1n) is 10.6. The summed E-state index contributed by atoms with van der Waals surface area (Å²) in [5.41, 5.74) is 8.94. The van der Waals surface area contributed by atoms with Crippen LogP contribution >= 0.6 is 32.5 Å². The molecule has 0 atom stereocenters. The molecule has 3 rings (SSSR count). The number of aliphatic hydroxyl groups is 1. The first kappa shape index (κ1) is 25.7. The number of hydrogen-bond donors (Lipinski definition) is 2. The average molecular weight is 588 g/mol. The predicted molar refractivity (Wildman–Crippen MR) is 145 cm³/mol. The Hall–Kier alpha value is -2.93. The van der Waals surface area contributed by atoms with Crippen molar-refractivity contribution in [2.45, 2.75) is 24.6 Å². The number of pyridine rings is 2. The minimum Gasteiger partial charge on any atom is -0.486 e. The Morgan fingerprint density at radius 1 is 1.18 bits per heavy atom. The Bertz CT molecular complexity index is 1210. The van der Waals surface area contributed by atoms with E-state index >= 15 is 0 Å². The summed E-state index contributed by atoms with van der Waals surface area (Å²) in [6, 6.07) is 8.37. The first-order chi connectivity index (χ1) is 16.6. The molecule has 2 aromatic rings. The summed E-state index contributed by atoms with van der Waals surface area (Å²) < 4.78 is 8.31. The molecule has 10 heteroatoms. The van der Waals surface area contributed by atoms with Crippen LogP contribution < -0.4 is 10.6 Å². The summed E-state index contributed by atoms with van der Waals surface area (Å²) in [5, 5.41) is 29.2. The van der Waals surface area contributed by atoms with Gasteiger partial charge in [-0.15, -0.1) is 11.8 Å². The number of ether oxygens (including phenoxy) is 1. The van der Waals surface area contributed by atoms with Crippen molar-refractivity contribution in [2.24, 2.45) is 0 Å². The van der Waals surface area contributed by atoms with E-state index in [4.69, 9.17) is 15.6 Å². The summed E-state index contributed by atoms with van der Waals surface area (Å²) in [4.78, 5) is 11.1. The molecule has 0 aromatic carbocycles. The number of nitrogen functional groups attached to an aromatic ring is 1. The first-order valence-corrected chi connectivity index (χ1v) is 14.0. The van der Waals surface area contributed by atoms with Crippen LogP contribution in [0.1, 0.15) is 36.1 Å². The maximum atomic E-state index is 9.99. The summed E-state index contributed by atoms with van der Waals surface area (Å²) in [6.07, 6.45) is 5.48. The van der Waals surface area contributed by atoms with Gasteiger partial charge in [0.25, 0.3) is 0 Å². The Kier molecular flexibility index (Phi) is 9.45. The zero-order chi connectivity index (χ0) is 24.5. The van der Waals surface area contributed by atoms with Gasteiger partial charge in [0.1, 0.15) is 41.0 Å². The van der Waals surface area contributed by atoms with Crippen molar-refractivity contribution in [3.05, 3.63) is 56.5 Å². The Morgan fingerprint density at radius 2 is 1.94 bits per heavy atom. The second-order valence-corrected chi connectivity index (χ2v) is 10.3. The van der Waals surface area contributed by atoms with E-state index in [2.05, 4.69) is 40.9 Å². The molecule has 0 unspecified atom stereocenters. The molecule has 0 bridgehead atoms. The maximum Gasteiger partial charge on any atom is 0.151 e. The third-order valence-corrected chi connectivity index (χ3v) is 8.29. The van der Waals surface area contributed by atoms with Crippen LogP contribution in [0.4, 0.5) is 11.6 Å². The van der Waals surface area contributed by atoms with Crippen molar-refractivity contribution in [1.29, 1.82) is 10.5 Å². The van der Waals surface area contributed by atoms with Crippen LogP contribution in [0.3, 0.4) is 0 Å². The molecule has 34 heavy (non-hydrogen) atoms. The molecular weight excluding hydrogens is 563 g/mol. The van der Waals surface area contributed by atoms with Crippen molar-refractivity contribution < 1.29 is 9.84 Å². The van der Waals surface area contributed by atoms with Gasteiger partial charge in [-0.25, -0.2) is 9.97 Å². The van der Waals surface area contributed by atoms with E-state index in [-0.39, 0.29) is 24.6 Å². The number of halogens is 1. The topological polar surface area (TPSA) is 132 Å². The lowest BCUT2D eigenvalue weighted by molar-refractivity contribution is 0.163. The van der Waals surface area contributed by atoms with Crippen LogP contribution in [0, 0.1) is 22.7 Å². The van der Waals surface area contributed by atoms with Crippen molar-refractivity contribution in [3.8, 4) is 12.1 Å². The van der Waals surface area contributed by atoms with E-state index in [0.717, 1.165) is 33.8 Å². The van der Waals surface area contributed by atoms with Gasteiger partial charge in [0, 0.05) is 30.6 Å². The Labute approximate surface area is 213 Å². The summed E-state index contributed by atoms with van der Waals surface area (Å²) in [6.45, 7) is 6.15. The molecule has 1 aliphatic heterocycles. The van der Waals surface area contributed by atoms with Crippen molar-refractivity contribution in [1.82, 2.24) is 9.97 Å². The Balaban J connectivity index is 1.90. The van der Waals surface area contributed by atoms with E-state index in [1.807, 2.05) is 34.5 Å². The van der Waals surface area contributed by atoms with E-state index in [1.54, 1.807) is 0 Å². The predicted octanol–water partition coefficient (Wildman–Crippen LogP) is 3.96. The highest BCUT2D eigenvalue weighted by Crippen LogP contribution is 2.36. The van der Waals surface area contributed by atoms with Gasteiger partial charge in [-0.3, -0.25) is 0 Å². The number of nitrogens with two attached hydrogens (primary N) is 1. The van der Waals surface area contributed by atoms with E-state index in [9.17, 15) is 10.5 Å². The van der Waals surface area contributed by atoms with Crippen LogP contribution in [-0.4, -0.2) is 45.4 Å². The molecule has 0 radical (unpaired) electrons. The third-order valence-electron chi connectivity index (χ3n) is 4.98. The van der Waals surface area contributed by atoms with Crippen LogP contribution in [0.25, 0.3) is 5.57 Å². The van der Waals surface area contributed by atoms with E-state index < -0.39 is 20.7 Å². The molecule has 0 saturated heterocycles. The lowest BCUT2D eigenvalue weighted by Crippen LogP contribution is -2.22. The fourth-order valence-electron chi connectivity index (χ4n) is 3.28. The van der Waals surface area contributed by atoms with Crippen LogP contribution in [0.15, 0.2) is 39.3 Å². The highest BCUT2D eigenvalue weighted by molar-refractivity contribution is 14.2. The SMILES string of the molecule is CCN(CC)c1ccc(CSc2nc(N)c(C#N)c(C3=CC=C(OCCO)I=C3)c2C#N)cn1. The molecule has 0 fully saturated rings. The van der Waals surface area contributed by atoms with E-state index in [1.165, 1.54) is 11.8 Å². The quantitative estimate of drug-likeness (QED) is 0.313. The van der Waals surface area contributed by atoms with Gasteiger partial charge in [0.2, 0.25) is 0 Å². The third kappa shape index (κ3) is 5.95. The number of nitrogens with zero attached hydrogens (tertiary/aromatic N) is 5. The van der Waals surface area contributed by atoms with Gasteiger partial charge in [-0.05, 0) is 67.9 Å². The van der Waals surface area contributed by atoms with Crippen LogP contribution in [0.5, 0.6) is 0 Å². The normalized spacial score (nSPS) is 12.6. The number of aliphatic hydroxyl groups excluding tert-OH is 1. The largest absolute Gasteiger partial charge is 0.486 e. The summed E-state index contributed by atoms with van der Waals surface area (Å²) >= 11 is 0.790. The average Bonchev–Trinajstić information content (AvgIpc) is 2.87. The number of allylic oxidation sites excluding steroid dienone is 3. The van der Waals surface area contributed by atoms with Gasteiger partial charge in [0.05, 0.1) is 12.2 Å². The van der Waals surface area contributed by atoms with Crippen molar-refractivity contribution in [2.75, 3.05) is 36.9 Å². The monoisotopic (exact) mass is 588 g/mol. The minimum absolute atomic E-state index is 0.0516. The van der Waals surface area contributed by atoms with Gasteiger partial charge in [0.15, 0.2) is 3.77 Å². The van der Waals surface area contributed by atoms with Crippen LogP contribution in [0.2, 0.25) is 0 Å².